The molecule has 1 aromatic rings. The third-order valence-electron chi connectivity index (χ3n) is 3.57. The van der Waals surface area contributed by atoms with Gasteiger partial charge in [-0.2, -0.15) is 0 Å². The van der Waals surface area contributed by atoms with Gasteiger partial charge >= 0.3 is 5.69 Å². The lowest BCUT2D eigenvalue weighted by Gasteiger charge is -2.29. The highest BCUT2D eigenvalue weighted by Crippen LogP contribution is 2.29. The molecule has 0 saturated carbocycles. The first kappa shape index (κ1) is 15.0. The summed E-state index contributed by atoms with van der Waals surface area (Å²) in [6.07, 6.45) is 3.76. The molecule has 110 valence electrons. The Kier molecular flexibility index (Phi) is 5.14. The van der Waals surface area contributed by atoms with Gasteiger partial charge in [-0.15, -0.1) is 0 Å². The van der Waals surface area contributed by atoms with E-state index in [1.807, 2.05) is 11.8 Å². The van der Waals surface area contributed by atoms with Crippen LogP contribution in [-0.2, 0) is 0 Å². The Labute approximate surface area is 123 Å². The number of pyridine rings is 1. The van der Waals surface area contributed by atoms with E-state index in [-0.39, 0.29) is 10.7 Å². The van der Waals surface area contributed by atoms with Gasteiger partial charge in [-0.3, -0.25) is 10.1 Å². The van der Waals surface area contributed by atoms with E-state index < -0.39 is 4.92 Å². The average Bonchev–Trinajstić information content (AvgIpc) is 2.46. The van der Waals surface area contributed by atoms with Crippen LogP contribution in [0, 0.1) is 16.0 Å². The summed E-state index contributed by atoms with van der Waals surface area (Å²) in [6, 6.07) is 1.37. The summed E-state index contributed by atoms with van der Waals surface area (Å²) in [5.74, 6) is 0.910. The highest BCUT2D eigenvalue weighted by molar-refractivity contribution is 6.30. The molecular formula is C13H19ClN4O2. The van der Waals surface area contributed by atoms with Crippen LogP contribution in [0.1, 0.15) is 19.8 Å². The Bertz CT molecular complexity index is 477. The second-order valence-corrected chi connectivity index (χ2v) is 5.44. The van der Waals surface area contributed by atoms with Gasteiger partial charge in [0.25, 0.3) is 0 Å². The number of nitrogens with zero attached hydrogens (tertiary/aromatic N) is 3. The number of nitro groups is 1. The minimum Gasteiger partial charge on any atom is -0.351 e. The number of rotatable bonds is 5. The van der Waals surface area contributed by atoms with Gasteiger partial charge in [0.2, 0.25) is 5.82 Å². The van der Waals surface area contributed by atoms with Crippen molar-refractivity contribution in [3.8, 4) is 0 Å². The maximum absolute atomic E-state index is 11.2. The molecule has 1 aliphatic rings. The zero-order valence-electron chi connectivity index (χ0n) is 11.5. The minimum atomic E-state index is -0.421. The van der Waals surface area contributed by atoms with E-state index in [1.54, 1.807) is 0 Å². The molecule has 0 spiro atoms. The molecule has 1 unspecified atom stereocenters. The Morgan fingerprint density at radius 2 is 2.45 bits per heavy atom. The normalized spacial score (nSPS) is 18.8. The molecule has 1 N–H and O–H groups in total. The van der Waals surface area contributed by atoms with E-state index in [2.05, 4.69) is 10.3 Å². The van der Waals surface area contributed by atoms with Crippen molar-refractivity contribution in [3.05, 3.63) is 27.4 Å². The summed E-state index contributed by atoms with van der Waals surface area (Å²) in [7, 11) is 0. The largest absolute Gasteiger partial charge is 0.351 e. The van der Waals surface area contributed by atoms with E-state index >= 15 is 0 Å². The van der Waals surface area contributed by atoms with Crippen LogP contribution >= 0.6 is 11.6 Å². The predicted molar refractivity (Wildman–Crippen MR) is 79.4 cm³/mol. The SMILES string of the molecule is CCN(CC1CCCNC1)c1ncc(Cl)cc1[N+](=O)[O-]. The van der Waals surface area contributed by atoms with E-state index in [0.717, 1.165) is 32.5 Å². The monoisotopic (exact) mass is 298 g/mol. The first-order valence-electron chi connectivity index (χ1n) is 6.87. The molecule has 1 fully saturated rings. The molecule has 1 aromatic heterocycles. The number of piperidine rings is 1. The number of halogens is 1. The van der Waals surface area contributed by atoms with Crippen molar-refractivity contribution in [1.82, 2.24) is 10.3 Å². The molecule has 0 aromatic carbocycles. The maximum atomic E-state index is 11.2. The maximum Gasteiger partial charge on any atom is 0.313 e. The van der Waals surface area contributed by atoms with Gasteiger partial charge in [-0.05, 0) is 38.8 Å². The van der Waals surface area contributed by atoms with Crippen LogP contribution in [0.2, 0.25) is 5.02 Å². The number of hydrogen-bond donors (Lipinski definition) is 1. The molecule has 0 amide bonds. The van der Waals surface area contributed by atoms with E-state index in [0.29, 0.717) is 18.3 Å². The van der Waals surface area contributed by atoms with Gasteiger partial charge in [0.15, 0.2) is 0 Å². The second-order valence-electron chi connectivity index (χ2n) is 5.00. The molecule has 0 bridgehead atoms. The van der Waals surface area contributed by atoms with Crippen molar-refractivity contribution >= 4 is 23.1 Å². The van der Waals surface area contributed by atoms with Gasteiger partial charge in [0.1, 0.15) is 0 Å². The van der Waals surface area contributed by atoms with E-state index in [4.69, 9.17) is 11.6 Å². The summed E-state index contributed by atoms with van der Waals surface area (Å²) in [5.41, 5.74) is -0.0249. The lowest BCUT2D eigenvalue weighted by Crippen LogP contribution is -2.38. The third kappa shape index (κ3) is 3.58. The van der Waals surface area contributed by atoms with Gasteiger partial charge in [-0.1, -0.05) is 11.6 Å². The van der Waals surface area contributed by atoms with Crippen LogP contribution in [0.15, 0.2) is 12.3 Å². The summed E-state index contributed by atoms with van der Waals surface area (Å²) in [6.45, 7) is 5.46. The lowest BCUT2D eigenvalue weighted by atomic mass is 9.99. The lowest BCUT2D eigenvalue weighted by molar-refractivity contribution is -0.384. The molecule has 2 heterocycles. The fourth-order valence-electron chi connectivity index (χ4n) is 2.56. The number of hydrogen-bond acceptors (Lipinski definition) is 5. The van der Waals surface area contributed by atoms with Crippen LogP contribution in [0.4, 0.5) is 11.5 Å². The van der Waals surface area contributed by atoms with Gasteiger partial charge < -0.3 is 10.2 Å². The summed E-state index contributed by atoms with van der Waals surface area (Å²) < 4.78 is 0. The Balaban J connectivity index is 2.19. The Morgan fingerprint density at radius 3 is 3.05 bits per heavy atom. The molecule has 2 rings (SSSR count). The van der Waals surface area contributed by atoms with Gasteiger partial charge in [-0.25, -0.2) is 4.98 Å². The number of anilines is 1. The fourth-order valence-corrected chi connectivity index (χ4v) is 2.71. The Morgan fingerprint density at radius 1 is 1.65 bits per heavy atom. The Hall–Kier alpha value is -1.40. The van der Waals surface area contributed by atoms with Crippen LogP contribution in [0.5, 0.6) is 0 Å². The fraction of sp³-hybridized carbons (Fsp3) is 0.615. The molecule has 1 atom stereocenters. The summed E-state index contributed by atoms with van der Waals surface area (Å²) in [4.78, 5) is 16.9. The van der Waals surface area contributed by atoms with Crippen LogP contribution < -0.4 is 10.2 Å². The predicted octanol–water partition coefficient (Wildman–Crippen LogP) is 2.47. The van der Waals surface area contributed by atoms with Crippen LogP contribution in [0.3, 0.4) is 0 Å². The standard InChI is InChI=1S/C13H19ClN4O2/c1-2-17(9-10-4-3-5-15-7-10)13-12(18(19)20)6-11(14)8-16-13/h6,8,10,15H,2-5,7,9H2,1H3. The molecule has 0 radical (unpaired) electrons. The molecule has 7 heteroatoms. The van der Waals surface area contributed by atoms with Crippen molar-refractivity contribution in [2.45, 2.75) is 19.8 Å². The van der Waals surface area contributed by atoms with Crippen molar-refractivity contribution in [1.29, 1.82) is 0 Å². The molecule has 1 saturated heterocycles. The molecular weight excluding hydrogens is 280 g/mol. The molecule has 0 aliphatic carbocycles. The molecule has 20 heavy (non-hydrogen) atoms. The molecule has 6 nitrogen and oxygen atoms in total. The minimum absolute atomic E-state index is 0.0249. The summed E-state index contributed by atoms with van der Waals surface area (Å²) >= 11 is 5.81. The van der Waals surface area contributed by atoms with Crippen molar-refractivity contribution in [3.63, 3.8) is 0 Å². The zero-order chi connectivity index (χ0) is 14.5. The van der Waals surface area contributed by atoms with Crippen molar-refractivity contribution in [2.24, 2.45) is 5.92 Å². The van der Waals surface area contributed by atoms with Crippen LogP contribution in [-0.4, -0.2) is 36.1 Å². The second kappa shape index (κ2) is 6.85. The van der Waals surface area contributed by atoms with Gasteiger partial charge in [0.05, 0.1) is 9.95 Å². The smallest absolute Gasteiger partial charge is 0.313 e. The first-order chi connectivity index (χ1) is 9.61. The summed E-state index contributed by atoms with van der Waals surface area (Å²) in [5, 5.41) is 14.8. The zero-order valence-corrected chi connectivity index (χ0v) is 12.3. The van der Waals surface area contributed by atoms with Crippen molar-refractivity contribution in [2.75, 3.05) is 31.1 Å². The third-order valence-corrected chi connectivity index (χ3v) is 3.78. The van der Waals surface area contributed by atoms with E-state index in [9.17, 15) is 10.1 Å². The average molecular weight is 299 g/mol. The quantitative estimate of drug-likeness (QED) is 0.668. The van der Waals surface area contributed by atoms with Gasteiger partial charge in [0, 0.05) is 25.4 Å². The van der Waals surface area contributed by atoms with E-state index in [1.165, 1.54) is 12.3 Å². The highest BCUT2D eigenvalue weighted by atomic mass is 35.5. The first-order valence-corrected chi connectivity index (χ1v) is 7.25. The number of aromatic nitrogens is 1. The molecule has 1 aliphatic heterocycles. The number of nitrogens with one attached hydrogen (secondary N) is 1. The van der Waals surface area contributed by atoms with Crippen molar-refractivity contribution < 1.29 is 4.92 Å². The van der Waals surface area contributed by atoms with Crippen LogP contribution in [0.25, 0.3) is 0 Å². The topological polar surface area (TPSA) is 71.3 Å². The highest BCUT2D eigenvalue weighted by Gasteiger charge is 2.24.